The third-order valence-corrected chi connectivity index (χ3v) is 9.51. The van der Waals surface area contributed by atoms with Crippen LogP contribution in [-0.4, -0.2) is 25.3 Å². The molecule has 1 nitrogen and oxygen atoms in total. The van der Waals surface area contributed by atoms with Gasteiger partial charge in [0.2, 0.25) is 0 Å². The number of hydrogen-bond donors (Lipinski definition) is 0. The zero-order chi connectivity index (χ0) is 43.3. The van der Waals surface area contributed by atoms with E-state index in [1.54, 1.807) is 0 Å². The molecule has 0 radical (unpaired) electrons. The van der Waals surface area contributed by atoms with Crippen LogP contribution in [0.15, 0.2) is 29.2 Å². The Bertz CT molecular complexity index is 2040. The summed E-state index contributed by atoms with van der Waals surface area (Å²) >= 11 is 0. The Labute approximate surface area is 308 Å². The van der Waals surface area contributed by atoms with Gasteiger partial charge in [0, 0.05) is 10.9 Å². The Hall–Kier alpha value is -5.09. The highest BCUT2D eigenvalue weighted by molar-refractivity contribution is 7.95. The van der Waals surface area contributed by atoms with Crippen molar-refractivity contribution in [1.29, 1.82) is 0 Å². The first-order valence-corrected chi connectivity index (χ1v) is 17.0. The lowest BCUT2D eigenvalue weighted by Gasteiger charge is -2.44. The molecular formula is C34H15BF20OS. The summed E-state index contributed by atoms with van der Waals surface area (Å²) in [6.45, 7) is 2.76. The first kappa shape index (κ1) is 44.6. The van der Waals surface area contributed by atoms with E-state index in [0.29, 0.717) is 0 Å². The number of para-hydroxylation sites is 1. The van der Waals surface area contributed by atoms with Gasteiger partial charge in [-0.3, -0.25) is 0 Å². The average Bonchev–Trinajstić information content (AvgIpc) is 3.18. The second-order valence-electron chi connectivity index (χ2n) is 11.5. The van der Waals surface area contributed by atoms with Crippen molar-refractivity contribution < 1.29 is 92.5 Å². The topological polar surface area (TPSA) is 9.23 Å². The van der Waals surface area contributed by atoms with Crippen molar-refractivity contribution in [1.82, 2.24) is 0 Å². The van der Waals surface area contributed by atoms with E-state index in [9.17, 15) is 52.7 Å². The average molecular weight is 862 g/mol. The van der Waals surface area contributed by atoms with E-state index in [0.717, 1.165) is 12.4 Å². The molecule has 0 aliphatic rings. The van der Waals surface area contributed by atoms with Gasteiger partial charge in [-0.1, -0.05) is 12.1 Å². The minimum atomic E-state index is -7.22. The van der Waals surface area contributed by atoms with Crippen molar-refractivity contribution in [3.05, 3.63) is 141 Å². The summed E-state index contributed by atoms with van der Waals surface area (Å²) in [6, 6.07) is 8.24. The Kier molecular flexibility index (Phi) is 12.9. The molecule has 5 rings (SSSR count). The fourth-order valence-corrected chi connectivity index (χ4v) is 6.82. The predicted molar refractivity (Wildman–Crippen MR) is 164 cm³/mol. The van der Waals surface area contributed by atoms with Crippen LogP contribution >= 0.6 is 0 Å². The third-order valence-electron chi connectivity index (χ3n) is 8.30. The van der Waals surface area contributed by atoms with Crippen LogP contribution < -0.4 is 26.6 Å². The highest BCUT2D eigenvalue weighted by Gasteiger charge is 2.52. The Morgan fingerprint density at radius 3 is 0.789 bits per heavy atom. The zero-order valence-electron chi connectivity index (χ0n) is 28.0. The highest BCUT2D eigenvalue weighted by Crippen LogP contribution is 2.31. The smallest absolute Gasteiger partial charge is 0.200 e. The van der Waals surface area contributed by atoms with Gasteiger partial charge in [0.25, 0.3) is 0 Å². The summed E-state index contributed by atoms with van der Waals surface area (Å²) in [5, 5.41) is 0. The molecule has 0 saturated heterocycles. The lowest BCUT2D eigenvalue weighted by atomic mass is 9.12. The lowest BCUT2D eigenvalue weighted by Crippen LogP contribution is -2.81. The summed E-state index contributed by atoms with van der Waals surface area (Å²) in [6.07, 6.45) is -2.80. The minimum absolute atomic E-state index is 0.283. The maximum absolute atomic E-state index is 15.4. The number of rotatable bonds is 7. The Balaban J connectivity index is 0.000000512. The van der Waals surface area contributed by atoms with Gasteiger partial charge in [0.15, 0.2) is 80.5 Å². The zero-order valence-corrected chi connectivity index (χ0v) is 28.8. The second kappa shape index (κ2) is 16.4. The van der Waals surface area contributed by atoms with Gasteiger partial charge >= 0.3 is 0 Å². The molecule has 0 unspecified atom stereocenters. The molecule has 0 bridgehead atoms. The Morgan fingerprint density at radius 2 is 0.579 bits per heavy atom. The number of ether oxygens (including phenoxy) is 1. The first-order valence-electron chi connectivity index (χ1n) is 15.0. The maximum atomic E-state index is 15.4. The molecule has 0 fully saturated rings. The molecule has 0 heterocycles. The van der Waals surface area contributed by atoms with Gasteiger partial charge in [0.1, 0.15) is 65.2 Å². The molecule has 0 spiro atoms. The van der Waals surface area contributed by atoms with Crippen molar-refractivity contribution in [2.75, 3.05) is 19.1 Å². The standard InChI is InChI=1S/C24BF20.C10H15OS/c26-5-1(6(27)14(35)21(42)13(5)34)25(2-7(28)15(36)22(43)16(37)8(2)29,3-9(30)17(38)23(44)18(39)10(3)31)4-11(32)19(40)24(45)20(41)12(4)33;1-4-11-9-7-5-6-8-10(9)12(2)3/h;5-8H,4H2,1-3H3/q-1;+1. The third kappa shape index (κ3) is 6.90. The van der Waals surface area contributed by atoms with Crippen LogP contribution in [0.4, 0.5) is 87.8 Å². The molecule has 23 heteroatoms. The van der Waals surface area contributed by atoms with Gasteiger partial charge in [-0.05, 0) is 19.1 Å². The largest absolute Gasteiger partial charge is 0.489 e. The van der Waals surface area contributed by atoms with Crippen LogP contribution in [0.25, 0.3) is 0 Å². The fourth-order valence-electron chi connectivity index (χ4n) is 5.94. The number of halogens is 20. The summed E-state index contributed by atoms with van der Waals surface area (Å²) in [7, 11) is 0.283. The van der Waals surface area contributed by atoms with E-state index in [1.807, 2.05) is 19.1 Å². The first-order chi connectivity index (χ1) is 26.5. The molecular weight excluding hydrogens is 847 g/mol. The SMILES string of the molecule is CCOc1ccccc1[S+](C)C.Fc1c(F)c(F)c([B-](c2c(F)c(F)c(F)c(F)c2F)(c2c(F)c(F)c(F)c(F)c2F)c2c(F)c(F)c(F)c(F)c2F)c(F)c1F. The molecule has 0 saturated carbocycles. The summed E-state index contributed by atoms with van der Waals surface area (Å²) in [5.74, 6) is -70.4. The number of hydrogen-bond acceptors (Lipinski definition) is 1. The van der Waals surface area contributed by atoms with Crippen molar-refractivity contribution in [3.8, 4) is 5.75 Å². The minimum Gasteiger partial charge on any atom is -0.489 e. The van der Waals surface area contributed by atoms with E-state index in [1.165, 1.54) is 4.90 Å². The highest BCUT2D eigenvalue weighted by atomic mass is 32.2. The quantitative estimate of drug-likeness (QED) is 0.0528. The van der Waals surface area contributed by atoms with E-state index in [-0.39, 0.29) is 10.9 Å². The van der Waals surface area contributed by atoms with Crippen LogP contribution in [0.1, 0.15) is 6.92 Å². The normalized spacial score (nSPS) is 11.6. The summed E-state index contributed by atoms with van der Waals surface area (Å²) in [5.41, 5.74) is -14.3. The molecule has 0 atom stereocenters. The second-order valence-corrected chi connectivity index (χ2v) is 13.6. The molecule has 306 valence electrons. The molecule has 0 amide bonds. The van der Waals surface area contributed by atoms with Crippen LogP contribution in [0, 0.1) is 116 Å². The summed E-state index contributed by atoms with van der Waals surface area (Å²) in [4.78, 5) is 1.32. The van der Waals surface area contributed by atoms with Crippen molar-refractivity contribution in [3.63, 3.8) is 0 Å². The van der Waals surface area contributed by atoms with Gasteiger partial charge in [0.05, 0.1) is 6.61 Å². The van der Waals surface area contributed by atoms with Crippen molar-refractivity contribution in [2.45, 2.75) is 11.8 Å². The molecule has 0 aliphatic carbocycles. The van der Waals surface area contributed by atoms with Crippen molar-refractivity contribution in [2.24, 2.45) is 0 Å². The van der Waals surface area contributed by atoms with Crippen molar-refractivity contribution >= 4 is 38.9 Å². The summed E-state index contributed by atoms with van der Waals surface area (Å²) < 4.78 is 299. The van der Waals surface area contributed by atoms with Gasteiger partial charge in [-0.15, -0.1) is 21.9 Å². The van der Waals surface area contributed by atoms with Gasteiger partial charge in [-0.25, -0.2) is 87.8 Å². The molecule has 5 aromatic rings. The fraction of sp³-hybridized carbons (Fsp3) is 0.118. The number of benzene rings is 5. The van der Waals surface area contributed by atoms with Crippen LogP contribution in [0.2, 0.25) is 0 Å². The van der Waals surface area contributed by atoms with E-state index in [2.05, 4.69) is 24.6 Å². The molecule has 0 aromatic heterocycles. The monoisotopic (exact) mass is 862 g/mol. The van der Waals surface area contributed by atoms with E-state index >= 15 is 35.1 Å². The predicted octanol–water partition coefficient (Wildman–Crippen LogP) is 8.17. The van der Waals surface area contributed by atoms with Crippen LogP contribution in [-0.2, 0) is 10.9 Å². The lowest BCUT2D eigenvalue weighted by molar-refractivity contribution is 0.332. The molecule has 0 aliphatic heterocycles. The molecule has 57 heavy (non-hydrogen) atoms. The van der Waals surface area contributed by atoms with Gasteiger partial charge < -0.3 is 4.74 Å². The van der Waals surface area contributed by atoms with Gasteiger partial charge in [-0.2, -0.15) is 0 Å². The Morgan fingerprint density at radius 1 is 0.368 bits per heavy atom. The van der Waals surface area contributed by atoms with Crippen LogP contribution in [0.3, 0.4) is 0 Å². The molecule has 5 aromatic carbocycles. The maximum Gasteiger partial charge on any atom is 0.200 e. The van der Waals surface area contributed by atoms with Crippen LogP contribution in [0.5, 0.6) is 5.75 Å². The van der Waals surface area contributed by atoms with E-state index in [4.69, 9.17) is 4.74 Å². The van der Waals surface area contributed by atoms with E-state index < -0.39 is 144 Å². The molecule has 0 N–H and O–H groups in total.